The first-order valence-corrected chi connectivity index (χ1v) is 13.5. The predicted octanol–water partition coefficient (Wildman–Crippen LogP) is 3.04. The molecule has 0 aliphatic carbocycles. The van der Waals surface area contributed by atoms with E-state index < -0.39 is 20.3 Å². The maximum atomic E-state index is 13.0. The zero-order valence-electron chi connectivity index (χ0n) is 19.2. The minimum absolute atomic E-state index is 0.0921. The standard InChI is InChI=1S/C24H36N2O4Si/c1-6-17(4)23(24(28)26-22(13-16(2)3)31(5,29)30)25-21(27)15-18-11-12-19-9-7-8-10-20(19)14-18/h7-12,14,16-17,22-23,29-30H,6,13,15H2,1-5H3,(H,25,27)(H,26,28)/t17-,22+,23-/m0/s1. The topological polar surface area (TPSA) is 98.7 Å². The van der Waals surface area contributed by atoms with Crippen molar-refractivity contribution in [1.29, 1.82) is 0 Å². The number of amides is 2. The molecule has 0 aromatic heterocycles. The Kier molecular flexibility index (Phi) is 8.79. The van der Waals surface area contributed by atoms with Crippen LogP contribution in [0, 0.1) is 11.8 Å². The Morgan fingerprint density at radius 3 is 2.23 bits per heavy atom. The third kappa shape index (κ3) is 7.45. The van der Waals surface area contributed by atoms with E-state index in [1.807, 2.05) is 70.2 Å². The van der Waals surface area contributed by atoms with Crippen molar-refractivity contribution < 1.29 is 19.2 Å². The van der Waals surface area contributed by atoms with E-state index in [2.05, 4.69) is 10.6 Å². The van der Waals surface area contributed by atoms with Gasteiger partial charge in [-0.3, -0.25) is 9.59 Å². The SMILES string of the molecule is CC[C@H](C)[C@H](NC(=O)Cc1ccc2ccccc2c1)C(=O)N[C@@H](CC(C)C)[Si](C)(O)O. The highest BCUT2D eigenvalue weighted by atomic mass is 28.4. The number of carbonyl (C=O) groups is 2. The lowest BCUT2D eigenvalue weighted by atomic mass is 9.97. The lowest BCUT2D eigenvalue weighted by molar-refractivity contribution is -0.130. The molecule has 7 heteroatoms. The minimum atomic E-state index is -3.57. The normalized spacial score (nSPS) is 14.8. The van der Waals surface area contributed by atoms with E-state index in [4.69, 9.17) is 0 Å². The Morgan fingerprint density at radius 2 is 1.65 bits per heavy atom. The molecule has 2 amide bonds. The molecule has 0 aliphatic heterocycles. The van der Waals surface area contributed by atoms with E-state index in [9.17, 15) is 19.2 Å². The summed E-state index contributed by atoms with van der Waals surface area (Å²) in [6, 6.07) is 13.1. The van der Waals surface area contributed by atoms with Crippen molar-refractivity contribution in [2.75, 3.05) is 0 Å². The van der Waals surface area contributed by atoms with Crippen LogP contribution in [0.1, 0.15) is 46.1 Å². The molecule has 0 spiro atoms. The first-order chi connectivity index (χ1) is 14.5. The third-order valence-corrected chi connectivity index (χ3v) is 7.37. The lowest BCUT2D eigenvalue weighted by Crippen LogP contribution is -2.60. The van der Waals surface area contributed by atoms with Gasteiger partial charge in [-0.25, -0.2) is 0 Å². The van der Waals surface area contributed by atoms with Gasteiger partial charge in [0.1, 0.15) is 6.04 Å². The van der Waals surface area contributed by atoms with Crippen molar-refractivity contribution >= 4 is 31.1 Å². The van der Waals surface area contributed by atoms with Crippen LogP contribution in [0.4, 0.5) is 0 Å². The maximum absolute atomic E-state index is 13.0. The van der Waals surface area contributed by atoms with Crippen LogP contribution in [0.15, 0.2) is 42.5 Å². The molecule has 2 rings (SSSR count). The van der Waals surface area contributed by atoms with Crippen LogP contribution in [-0.4, -0.2) is 41.7 Å². The fourth-order valence-corrected chi connectivity index (χ4v) is 4.95. The number of hydrogen-bond acceptors (Lipinski definition) is 4. The van der Waals surface area contributed by atoms with E-state index in [1.165, 1.54) is 6.55 Å². The van der Waals surface area contributed by atoms with Gasteiger partial charge in [-0.1, -0.05) is 76.6 Å². The second-order valence-corrected chi connectivity index (χ2v) is 12.0. The lowest BCUT2D eigenvalue weighted by Gasteiger charge is -2.31. The molecule has 4 N–H and O–H groups in total. The number of carbonyl (C=O) groups excluding carboxylic acids is 2. The zero-order chi connectivity index (χ0) is 23.2. The molecule has 0 fully saturated rings. The molecule has 3 atom stereocenters. The van der Waals surface area contributed by atoms with Gasteiger partial charge in [0.25, 0.3) is 0 Å². The van der Waals surface area contributed by atoms with Gasteiger partial charge in [0.05, 0.1) is 12.1 Å². The monoisotopic (exact) mass is 444 g/mol. The highest BCUT2D eigenvalue weighted by Crippen LogP contribution is 2.17. The molecule has 0 saturated heterocycles. The number of rotatable bonds is 10. The summed E-state index contributed by atoms with van der Waals surface area (Å²) in [5.74, 6) is -0.496. The number of fused-ring (bicyclic) bond motifs is 1. The largest absolute Gasteiger partial charge is 0.410 e. The van der Waals surface area contributed by atoms with E-state index >= 15 is 0 Å². The first-order valence-electron chi connectivity index (χ1n) is 11.0. The Morgan fingerprint density at radius 1 is 1.00 bits per heavy atom. The molecule has 0 heterocycles. The van der Waals surface area contributed by atoms with Crippen molar-refractivity contribution in [3.05, 3.63) is 48.0 Å². The van der Waals surface area contributed by atoms with Crippen LogP contribution in [-0.2, 0) is 16.0 Å². The Hall–Kier alpha value is -2.22. The summed E-state index contributed by atoms with van der Waals surface area (Å²) < 4.78 is 0. The number of hydrogen-bond donors (Lipinski definition) is 4. The summed E-state index contributed by atoms with van der Waals surface area (Å²) in [6.07, 6.45) is 1.35. The molecular weight excluding hydrogens is 408 g/mol. The molecule has 0 radical (unpaired) electrons. The van der Waals surface area contributed by atoms with Gasteiger partial charge in [-0.15, -0.1) is 0 Å². The van der Waals surface area contributed by atoms with E-state index in [1.54, 1.807) is 0 Å². The maximum Gasteiger partial charge on any atom is 0.352 e. The summed E-state index contributed by atoms with van der Waals surface area (Å²) >= 11 is 0. The van der Waals surface area contributed by atoms with Crippen LogP contribution in [0.3, 0.4) is 0 Å². The summed E-state index contributed by atoms with van der Waals surface area (Å²) in [4.78, 5) is 46.2. The molecule has 31 heavy (non-hydrogen) atoms. The van der Waals surface area contributed by atoms with Crippen molar-refractivity contribution in [3.63, 3.8) is 0 Å². The summed E-state index contributed by atoms with van der Waals surface area (Å²) in [7, 11) is -3.57. The zero-order valence-corrected chi connectivity index (χ0v) is 20.2. The number of benzene rings is 2. The molecule has 6 nitrogen and oxygen atoms in total. The average Bonchev–Trinajstić information content (AvgIpc) is 2.69. The second kappa shape index (κ2) is 10.9. The summed E-state index contributed by atoms with van der Waals surface area (Å²) in [5, 5.41) is 7.86. The average molecular weight is 445 g/mol. The van der Waals surface area contributed by atoms with Gasteiger partial charge in [0.15, 0.2) is 0 Å². The van der Waals surface area contributed by atoms with Gasteiger partial charge >= 0.3 is 8.56 Å². The minimum Gasteiger partial charge on any atom is -0.410 e. The molecular formula is C24H36N2O4Si. The van der Waals surface area contributed by atoms with Crippen molar-refractivity contribution in [3.8, 4) is 0 Å². The van der Waals surface area contributed by atoms with Gasteiger partial charge in [0.2, 0.25) is 11.8 Å². The van der Waals surface area contributed by atoms with Crippen LogP contribution in [0.2, 0.25) is 6.55 Å². The van der Waals surface area contributed by atoms with Gasteiger partial charge < -0.3 is 20.2 Å². The quantitative estimate of drug-likeness (QED) is 0.423. The van der Waals surface area contributed by atoms with Crippen molar-refractivity contribution in [2.24, 2.45) is 11.8 Å². The fourth-order valence-electron chi connectivity index (χ4n) is 3.61. The molecule has 0 saturated carbocycles. The van der Waals surface area contributed by atoms with E-state index in [0.29, 0.717) is 12.8 Å². The highest BCUT2D eigenvalue weighted by Gasteiger charge is 2.38. The smallest absolute Gasteiger partial charge is 0.352 e. The Bertz CT molecular complexity index is 895. The molecule has 2 aromatic carbocycles. The summed E-state index contributed by atoms with van der Waals surface area (Å²) in [5.41, 5.74) is 0.187. The summed E-state index contributed by atoms with van der Waals surface area (Å²) in [6.45, 7) is 9.21. The molecule has 0 unspecified atom stereocenters. The van der Waals surface area contributed by atoms with E-state index in [-0.39, 0.29) is 30.1 Å². The molecule has 0 bridgehead atoms. The van der Waals surface area contributed by atoms with Gasteiger partial charge in [0, 0.05) is 0 Å². The van der Waals surface area contributed by atoms with Gasteiger partial charge in [-0.05, 0) is 41.1 Å². The van der Waals surface area contributed by atoms with Crippen molar-refractivity contribution in [2.45, 2.75) is 65.2 Å². The predicted molar refractivity (Wildman–Crippen MR) is 126 cm³/mol. The van der Waals surface area contributed by atoms with E-state index in [0.717, 1.165) is 16.3 Å². The Balaban J connectivity index is 2.11. The van der Waals surface area contributed by atoms with Gasteiger partial charge in [-0.2, -0.15) is 0 Å². The van der Waals surface area contributed by atoms with Crippen LogP contribution in [0.25, 0.3) is 10.8 Å². The molecule has 0 aliphatic rings. The first kappa shape index (κ1) is 25.0. The fraction of sp³-hybridized carbons (Fsp3) is 0.500. The third-order valence-electron chi connectivity index (χ3n) is 5.67. The Labute approximate surface area is 186 Å². The highest BCUT2D eigenvalue weighted by molar-refractivity contribution is 6.65. The van der Waals surface area contributed by atoms with Crippen LogP contribution < -0.4 is 10.6 Å². The van der Waals surface area contributed by atoms with Crippen LogP contribution in [0.5, 0.6) is 0 Å². The van der Waals surface area contributed by atoms with Crippen LogP contribution >= 0.6 is 0 Å². The number of nitrogens with one attached hydrogen (secondary N) is 2. The van der Waals surface area contributed by atoms with Crippen molar-refractivity contribution in [1.82, 2.24) is 10.6 Å². The molecule has 170 valence electrons. The molecule has 2 aromatic rings. The second-order valence-electron chi connectivity index (χ2n) is 9.07.